The average molecular weight is 234 g/mol. The summed E-state index contributed by atoms with van der Waals surface area (Å²) in [6.45, 7) is 3.82. The lowest BCUT2D eigenvalue weighted by Gasteiger charge is -2.12. The summed E-state index contributed by atoms with van der Waals surface area (Å²) >= 11 is 0. The Labute approximate surface area is 105 Å². The van der Waals surface area contributed by atoms with E-state index in [4.69, 9.17) is 0 Å². The maximum absolute atomic E-state index is 3.86. The molecule has 2 heteroatoms. The van der Waals surface area contributed by atoms with Gasteiger partial charge in [0.2, 0.25) is 0 Å². The van der Waals surface area contributed by atoms with E-state index in [1.54, 1.807) is 19.3 Å². The van der Waals surface area contributed by atoms with Crippen molar-refractivity contribution in [2.75, 3.05) is 19.6 Å². The Morgan fingerprint density at radius 2 is 1.88 bits per heavy atom. The van der Waals surface area contributed by atoms with Gasteiger partial charge in [0, 0.05) is 6.04 Å². The molecular formula is C15H26N2. The van der Waals surface area contributed by atoms with Gasteiger partial charge in [-0.05, 0) is 87.7 Å². The highest BCUT2D eigenvalue weighted by molar-refractivity contribution is 5.16. The van der Waals surface area contributed by atoms with Gasteiger partial charge in [-0.3, -0.25) is 0 Å². The summed E-state index contributed by atoms with van der Waals surface area (Å²) in [5.74, 6) is 5.46. The number of hydrogen-bond acceptors (Lipinski definition) is 2. The standard InChI is InChI=1S/C15H26N2/c1(2-10-5-7-16-9-10)6-17-15-13-11-3-4-12(8-11)14(13)15/h10-17H,1-9H2. The van der Waals surface area contributed by atoms with Crippen LogP contribution in [-0.2, 0) is 0 Å². The second kappa shape index (κ2) is 4.24. The highest BCUT2D eigenvalue weighted by atomic mass is 15.0. The van der Waals surface area contributed by atoms with Crippen molar-refractivity contribution in [3.63, 3.8) is 0 Å². The highest BCUT2D eigenvalue weighted by Crippen LogP contribution is 2.65. The third-order valence-corrected chi connectivity index (χ3v) is 6.07. The first-order valence-corrected chi connectivity index (χ1v) is 7.87. The molecule has 0 amide bonds. The molecule has 4 fully saturated rings. The van der Waals surface area contributed by atoms with Gasteiger partial charge in [0.25, 0.3) is 0 Å². The summed E-state index contributed by atoms with van der Waals surface area (Å²) < 4.78 is 0. The third kappa shape index (κ3) is 1.84. The molecule has 5 unspecified atom stereocenters. The van der Waals surface area contributed by atoms with Crippen molar-refractivity contribution in [2.45, 2.75) is 44.6 Å². The van der Waals surface area contributed by atoms with Crippen LogP contribution in [0, 0.1) is 29.6 Å². The molecule has 2 N–H and O–H groups in total. The Morgan fingerprint density at radius 3 is 2.59 bits per heavy atom. The lowest BCUT2D eigenvalue weighted by molar-refractivity contribution is 0.440. The van der Waals surface area contributed by atoms with Crippen LogP contribution in [-0.4, -0.2) is 25.7 Å². The molecule has 5 atom stereocenters. The lowest BCUT2D eigenvalue weighted by atomic mass is 10.0. The first kappa shape index (κ1) is 10.8. The van der Waals surface area contributed by atoms with Crippen LogP contribution < -0.4 is 10.6 Å². The molecule has 2 bridgehead atoms. The van der Waals surface area contributed by atoms with Crippen molar-refractivity contribution in [1.29, 1.82) is 0 Å². The minimum Gasteiger partial charge on any atom is -0.316 e. The van der Waals surface area contributed by atoms with E-state index in [2.05, 4.69) is 10.6 Å². The molecule has 96 valence electrons. The zero-order valence-electron chi connectivity index (χ0n) is 10.8. The van der Waals surface area contributed by atoms with Crippen molar-refractivity contribution in [3.05, 3.63) is 0 Å². The molecule has 1 aliphatic heterocycles. The summed E-state index contributed by atoms with van der Waals surface area (Å²) in [6.07, 6.45) is 8.95. The number of fused-ring (bicyclic) bond motifs is 5. The summed E-state index contributed by atoms with van der Waals surface area (Å²) in [5.41, 5.74) is 0. The molecule has 0 radical (unpaired) electrons. The minimum absolute atomic E-state index is 0.947. The molecule has 0 aromatic carbocycles. The molecule has 1 saturated heterocycles. The SMILES string of the molecule is C(CNC1C2C3CCC(C3)C12)CC1CCNC1. The van der Waals surface area contributed by atoms with Crippen LogP contribution in [0.25, 0.3) is 0 Å². The molecule has 2 nitrogen and oxygen atoms in total. The summed E-state index contributed by atoms with van der Waals surface area (Å²) in [6, 6.07) is 0.947. The molecule has 3 saturated carbocycles. The Balaban J connectivity index is 1.16. The quantitative estimate of drug-likeness (QED) is 0.711. The monoisotopic (exact) mass is 234 g/mol. The lowest BCUT2D eigenvalue weighted by Crippen LogP contribution is -2.24. The Kier molecular flexibility index (Phi) is 2.69. The van der Waals surface area contributed by atoms with Crippen LogP contribution in [0.2, 0.25) is 0 Å². The summed E-state index contributed by atoms with van der Waals surface area (Å²) in [5, 5.41) is 7.33. The fourth-order valence-electron chi connectivity index (χ4n) is 5.22. The van der Waals surface area contributed by atoms with Gasteiger partial charge < -0.3 is 10.6 Å². The minimum atomic E-state index is 0.947. The van der Waals surface area contributed by atoms with Gasteiger partial charge in [0.05, 0.1) is 0 Å². The molecule has 4 aliphatic rings. The van der Waals surface area contributed by atoms with Crippen molar-refractivity contribution < 1.29 is 0 Å². The van der Waals surface area contributed by atoms with E-state index in [0.29, 0.717) is 0 Å². The third-order valence-electron chi connectivity index (χ3n) is 6.07. The van der Waals surface area contributed by atoms with Crippen molar-refractivity contribution in [2.24, 2.45) is 29.6 Å². The first-order valence-electron chi connectivity index (χ1n) is 7.87. The van der Waals surface area contributed by atoms with Crippen LogP contribution in [0.5, 0.6) is 0 Å². The van der Waals surface area contributed by atoms with Crippen LogP contribution in [0.1, 0.15) is 38.5 Å². The average Bonchev–Trinajstić information content (AvgIpc) is 2.83. The van der Waals surface area contributed by atoms with E-state index in [-0.39, 0.29) is 0 Å². The fraction of sp³-hybridized carbons (Fsp3) is 1.00. The van der Waals surface area contributed by atoms with E-state index >= 15 is 0 Å². The van der Waals surface area contributed by atoms with Gasteiger partial charge in [-0.15, -0.1) is 0 Å². The van der Waals surface area contributed by atoms with Gasteiger partial charge >= 0.3 is 0 Å². The Bertz CT molecular complexity index is 269. The molecule has 3 aliphatic carbocycles. The second-order valence-electron chi connectivity index (χ2n) is 6.97. The van der Waals surface area contributed by atoms with Gasteiger partial charge in [-0.1, -0.05) is 0 Å². The smallest absolute Gasteiger partial charge is 0.0135 e. The maximum Gasteiger partial charge on any atom is 0.0135 e. The summed E-state index contributed by atoms with van der Waals surface area (Å²) in [4.78, 5) is 0. The molecule has 1 heterocycles. The van der Waals surface area contributed by atoms with Crippen LogP contribution in [0.15, 0.2) is 0 Å². The Morgan fingerprint density at radius 1 is 1.06 bits per heavy atom. The number of hydrogen-bond donors (Lipinski definition) is 2. The van der Waals surface area contributed by atoms with E-state index in [9.17, 15) is 0 Å². The van der Waals surface area contributed by atoms with E-state index in [1.165, 1.54) is 38.9 Å². The molecular weight excluding hydrogens is 208 g/mol. The zero-order chi connectivity index (χ0) is 11.2. The molecule has 0 aromatic heterocycles. The van der Waals surface area contributed by atoms with E-state index < -0.39 is 0 Å². The van der Waals surface area contributed by atoms with E-state index in [1.807, 2.05) is 0 Å². The molecule has 4 rings (SSSR count). The van der Waals surface area contributed by atoms with Crippen molar-refractivity contribution in [3.8, 4) is 0 Å². The maximum atomic E-state index is 3.86. The van der Waals surface area contributed by atoms with Crippen molar-refractivity contribution in [1.82, 2.24) is 10.6 Å². The van der Waals surface area contributed by atoms with Crippen LogP contribution >= 0.6 is 0 Å². The predicted octanol–water partition coefficient (Wildman–Crippen LogP) is 2.01. The Hall–Kier alpha value is -0.0800. The fourth-order valence-corrected chi connectivity index (χ4v) is 5.22. The molecule has 0 aromatic rings. The van der Waals surface area contributed by atoms with Crippen LogP contribution in [0.3, 0.4) is 0 Å². The second-order valence-corrected chi connectivity index (χ2v) is 6.97. The largest absolute Gasteiger partial charge is 0.316 e. The van der Waals surface area contributed by atoms with Gasteiger partial charge in [0.1, 0.15) is 0 Å². The van der Waals surface area contributed by atoms with Crippen LogP contribution in [0.4, 0.5) is 0 Å². The van der Waals surface area contributed by atoms with Gasteiger partial charge in [0.15, 0.2) is 0 Å². The zero-order valence-corrected chi connectivity index (χ0v) is 10.8. The number of nitrogens with one attached hydrogen (secondary N) is 2. The first-order chi connectivity index (χ1) is 8.43. The summed E-state index contributed by atoms with van der Waals surface area (Å²) in [7, 11) is 0. The molecule has 17 heavy (non-hydrogen) atoms. The van der Waals surface area contributed by atoms with E-state index in [0.717, 1.165) is 35.6 Å². The number of rotatable bonds is 5. The topological polar surface area (TPSA) is 24.1 Å². The molecule has 0 spiro atoms. The van der Waals surface area contributed by atoms with Crippen molar-refractivity contribution >= 4 is 0 Å². The highest BCUT2D eigenvalue weighted by Gasteiger charge is 2.64. The van der Waals surface area contributed by atoms with Gasteiger partial charge in [-0.25, -0.2) is 0 Å². The predicted molar refractivity (Wildman–Crippen MR) is 69.8 cm³/mol. The van der Waals surface area contributed by atoms with Gasteiger partial charge in [-0.2, -0.15) is 0 Å². The normalized spacial score (nSPS) is 50.8.